The quantitative estimate of drug-likeness (QED) is 0.162. The van der Waals surface area contributed by atoms with Crippen molar-refractivity contribution in [2.24, 2.45) is 0 Å². The van der Waals surface area contributed by atoms with Gasteiger partial charge in [-0.2, -0.15) is 0 Å². The third kappa shape index (κ3) is 4.62. The third-order valence-corrected chi connectivity index (χ3v) is 15.3. The van der Waals surface area contributed by atoms with E-state index in [0.29, 0.717) is 0 Å². The van der Waals surface area contributed by atoms with Crippen molar-refractivity contribution in [1.82, 2.24) is 4.48 Å². The van der Waals surface area contributed by atoms with Crippen molar-refractivity contribution in [3.8, 4) is 33.5 Å². The number of benzene rings is 7. The number of aromatic nitrogens is 1. The van der Waals surface area contributed by atoms with E-state index in [4.69, 9.17) is 0 Å². The molecule has 4 heterocycles. The standard InChI is InChI=1S/C55H47BN2S/c1-32-27-39-35-20-16-21-37-49-52(36-19-12-13-22-40(36)55(49,7)8)58(51(35)37)56-43-31-48-42(54(5,6)41-23-14-15-24-47(41)59-48)30-45(43)57(46(28-32)50(39)56)44-26-25-34(53(2,3)4)29-38(44)33-17-10-9-11-18-33/h9-31H,1-8H3. The van der Waals surface area contributed by atoms with Gasteiger partial charge in [0.1, 0.15) is 0 Å². The van der Waals surface area contributed by atoms with Gasteiger partial charge in [-0.3, -0.25) is 0 Å². The summed E-state index contributed by atoms with van der Waals surface area (Å²) in [5.74, 6) is 0. The summed E-state index contributed by atoms with van der Waals surface area (Å²) in [7, 11) is 0. The number of aryl methyl sites for hydroxylation is 1. The molecule has 0 fully saturated rings. The van der Waals surface area contributed by atoms with E-state index in [-0.39, 0.29) is 23.1 Å². The molecule has 0 saturated heterocycles. The van der Waals surface area contributed by atoms with E-state index in [1.165, 1.54) is 116 Å². The first-order valence-electron chi connectivity index (χ1n) is 21.2. The van der Waals surface area contributed by atoms with E-state index in [9.17, 15) is 0 Å². The van der Waals surface area contributed by atoms with Gasteiger partial charge in [0, 0.05) is 65.3 Å². The Morgan fingerprint density at radius 3 is 2.08 bits per heavy atom. The highest BCUT2D eigenvalue weighted by atomic mass is 32.2. The fraction of sp³-hybridized carbons (Fsp3) is 0.200. The molecule has 1 aromatic heterocycles. The van der Waals surface area contributed by atoms with Gasteiger partial charge in [0.25, 0.3) is 0 Å². The largest absolute Gasteiger partial charge is 0.375 e. The molecule has 1 aliphatic carbocycles. The Morgan fingerprint density at radius 2 is 1.29 bits per heavy atom. The predicted octanol–water partition coefficient (Wildman–Crippen LogP) is 13.4. The van der Waals surface area contributed by atoms with Crippen molar-refractivity contribution in [3.05, 3.63) is 173 Å². The maximum atomic E-state index is 2.78. The molecule has 0 radical (unpaired) electrons. The molecule has 0 amide bonds. The van der Waals surface area contributed by atoms with Gasteiger partial charge >= 0.3 is 6.85 Å². The zero-order chi connectivity index (χ0) is 40.3. The van der Waals surface area contributed by atoms with Gasteiger partial charge in [-0.15, -0.1) is 0 Å². The lowest BCUT2D eigenvalue weighted by Gasteiger charge is -2.44. The lowest BCUT2D eigenvalue weighted by Crippen LogP contribution is -2.57. The van der Waals surface area contributed by atoms with Gasteiger partial charge < -0.3 is 9.38 Å². The SMILES string of the molecule is Cc1cc2c3c(c1)N(c1ccc(C(C)(C)C)cc1-c1ccccc1)c1cc4c(cc1B3n1c3c(c5cccc-2c51)C(C)(C)c1ccccc1-3)Sc1ccccc1C4(C)C. The van der Waals surface area contributed by atoms with Crippen LogP contribution in [0.4, 0.5) is 17.1 Å². The van der Waals surface area contributed by atoms with Crippen molar-refractivity contribution in [2.75, 3.05) is 4.90 Å². The summed E-state index contributed by atoms with van der Waals surface area (Å²) in [5, 5.41) is 1.38. The molecule has 286 valence electrons. The van der Waals surface area contributed by atoms with Crippen LogP contribution in [0.2, 0.25) is 0 Å². The zero-order valence-electron chi connectivity index (χ0n) is 35.2. The van der Waals surface area contributed by atoms with E-state index < -0.39 is 0 Å². The number of nitrogens with zero attached hydrogens (tertiary/aromatic N) is 2. The molecule has 0 bridgehead atoms. The first kappa shape index (κ1) is 35.3. The lowest BCUT2D eigenvalue weighted by molar-refractivity contribution is 0.590. The molecular weight excluding hydrogens is 731 g/mol. The second kappa shape index (κ2) is 11.7. The van der Waals surface area contributed by atoms with E-state index in [0.717, 1.165) is 0 Å². The summed E-state index contributed by atoms with van der Waals surface area (Å²) >= 11 is 1.94. The summed E-state index contributed by atoms with van der Waals surface area (Å²) in [5.41, 5.74) is 23.7. The Balaban J connectivity index is 1.24. The van der Waals surface area contributed by atoms with Gasteiger partial charge in [0.2, 0.25) is 0 Å². The molecule has 59 heavy (non-hydrogen) atoms. The molecule has 0 unspecified atom stereocenters. The first-order chi connectivity index (χ1) is 28.3. The number of hydrogen-bond acceptors (Lipinski definition) is 2. The highest BCUT2D eigenvalue weighted by Gasteiger charge is 2.49. The third-order valence-electron chi connectivity index (χ3n) is 14.2. The Hall–Kier alpha value is -5.71. The lowest BCUT2D eigenvalue weighted by atomic mass is 9.44. The molecule has 2 nitrogen and oxygen atoms in total. The van der Waals surface area contributed by atoms with Gasteiger partial charge in [-0.1, -0.05) is 163 Å². The molecule has 0 spiro atoms. The minimum Gasteiger partial charge on any atom is -0.375 e. The minimum atomic E-state index is -0.182. The van der Waals surface area contributed by atoms with Crippen molar-refractivity contribution in [2.45, 2.75) is 81.4 Å². The van der Waals surface area contributed by atoms with E-state index in [1.807, 2.05) is 11.8 Å². The number of rotatable bonds is 2. The number of anilines is 3. The smallest absolute Gasteiger partial charge is 0.333 e. The van der Waals surface area contributed by atoms with Crippen LogP contribution >= 0.6 is 11.8 Å². The normalized spacial score (nSPS) is 15.9. The number of hydrogen-bond donors (Lipinski definition) is 0. The van der Waals surface area contributed by atoms with Crippen LogP contribution in [0.1, 0.15) is 81.8 Å². The first-order valence-corrected chi connectivity index (χ1v) is 22.0. The minimum absolute atomic E-state index is 0.00285. The average Bonchev–Trinajstić information content (AvgIpc) is 3.69. The van der Waals surface area contributed by atoms with Gasteiger partial charge in [0.15, 0.2) is 0 Å². The van der Waals surface area contributed by atoms with Crippen LogP contribution in [-0.2, 0) is 16.2 Å². The van der Waals surface area contributed by atoms with Crippen LogP contribution in [0.5, 0.6) is 0 Å². The van der Waals surface area contributed by atoms with E-state index in [2.05, 4.69) is 204 Å². The Kier molecular flexibility index (Phi) is 7.01. The molecule has 4 aliphatic rings. The zero-order valence-corrected chi connectivity index (χ0v) is 36.0. The summed E-state index contributed by atoms with van der Waals surface area (Å²) in [6.07, 6.45) is 0. The Bertz CT molecular complexity index is 3140. The van der Waals surface area contributed by atoms with E-state index >= 15 is 0 Å². The van der Waals surface area contributed by atoms with Crippen LogP contribution in [0.15, 0.2) is 149 Å². The van der Waals surface area contributed by atoms with Crippen molar-refractivity contribution in [3.63, 3.8) is 0 Å². The molecule has 4 heteroatoms. The molecule has 8 aromatic rings. The van der Waals surface area contributed by atoms with Crippen molar-refractivity contribution >= 4 is 57.5 Å². The van der Waals surface area contributed by atoms with Crippen LogP contribution in [-0.4, -0.2) is 11.3 Å². The summed E-state index contributed by atoms with van der Waals surface area (Å²) in [6, 6.07) is 53.8. The second-order valence-electron chi connectivity index (χ2n) is 19.4. The monoisotopic (exact) mass is 778 g/mol. The van der Waals surface area contributed by atoms with Crippen molar-refractivity contribution in [1.29, 1.82) is 0 Å². The topological polar surface area (TPSA) is 8.17 Å². The maximum absolute atomic E-state index is 2.78. The Labute approximate surface area is 353 Å². The highest BCUT2D eigenvalue weighted by Crippen LogP contribution is 2.57. The van der Waals surface area contributed by atoms with E-state index in [1.54, 1.807) is 0 Å². The number of para-hydroxylation sites is 1. The summed E-state index contributed by atoms with van der Waals surface area (Å²) in [6.45, 7) is 19.0. The second-order valence-corrected chi connectivity index (χ2v) is 20.5. The molecule has 3 aliphatic heterocycles. The van der Waals surface area contributed by atoms with Crippen molar-refractivity contribution < 1.29 is 0 Å². The van der Waals surface area contributed by atoms with Gasteiger partial charge in [-0.25, -0.2) is 0 Å². The summed E-state index contributed by atoms with van der Waals surface area (Å²) in [4.78, 5) is 5.36. The fourth-order valence-corrected chi connectivity index (χ4v) is 12.8. The molecule has 0 atom stereocenters. The van der Waals surface area contributed by atoms with Crippen LogP contribution < -0.4 is 15.8 Å². The summed E-state index contributed by atoms with van der Waals surface area (Å²) < 4.78 is 2.78. The molecular formula is C55H47BN2S. The van der Waals surface area contributed by atoms with Crippen LogP contribution in [0, 0.1) is 6.92 Å². The average molecular weight is 779 g/mol. The fourth-order valence-electron chi connectivity index (χ4n) is 11.3. The molecule has 7 aromatic carbocycles. The molecule has 0 N–H and O–H groups in total. The van der Waals surface area contributed by atoms with Crippen LogP contribution in [0.25, 0.3) is 44.4 Å². The molecule has 12 rings (SSSR count). The predicted molar refractivity (Wildman–Crippen MR) is 252 cm³/mol. The highest BCUT2D eigenvalue weighted by molar-refractivity contribution is 7.99. The van der Waals surface area contributed by atoms with Gasteiger partial charge in [-0.05, 0) is 104 Å². The molecule has 0 saturated carbocycles. The van der Waals surface area contributed by atoms with Gasteiger partial charge in [0.05, 0.1) is 5.69 Å². The number of fused-ring (bicyclic) bond motifs is 11. The Morgan fingerprint density at radius 1 is 0.559 bits per heavy atom. The van der Waals surface area contributed by atoms with Crippen LogP contribution in [0.3, 0.4) is 0 Å². The maximum Gasteiger partial charge on any atom is 0.333 e.